The van der Waals surface area contributed by atoms with Gasteiger partial charge in [0.15, 0.2) is 0 Å². The third-order valence-corrected chi connectivity index (χ3v) is 4.05. The minimum absolute atomic E-state index is 0.485. The second-order valence-corrected chi connectivity index (χ2v) is 5.51. The Morgan fingerprint density at radius 3 is 2.94 bits per heavy atom. The van der Waals surface area contributed by atoms with Crippen molar-refractivity contribution in [3.8, 4) is 0 Å². The molecule has 1 aromatic heterocycles. The molecule has 1 fully saturated rings. The van der Waals surface area contributed by atoms with Crippen LogP contribution in [0.15, 0.2) is 17.5 Å². The van der Waals surface area contributed by atoms with E-state index in [9.17, 15) is 5.11 Å². The molecule has 0 bridgehead atoms. The van der Waals surface area contributed by atoms with Gasteiger partial charge in [0.25, 0.3) is 0 Å². The van der Waals surface area contributed by atoms with Crippen LogP contribution in [0.4, 0.5) is 0 Å². The Morgan fingerprint density at radius 1 is 1.44 bits per heavy atom. The van der Waals surface area contributed by atoms with E-state index >= 15 is 0 Å². The SMILES string of the molecule is OC1(CNCCc2cccs2)CCNCC1. The fourth-order valence-electron chi connectivity index (χ4n) is 2.06. The lowest BCUT2D eigenvalue weighted by Crippen LogP contribution is -2.48. The molecule has 0 amide bonds. The Balaban J connectivity index is 1.63. The molecule has 0 atom stereocenters. The maximum atomic E-state index is 10.2. The van der Waals surface area contributed by atoms with Crippen molar-refractivity contribution in [2.24, 2.45) is 0 Å². The fraction of sp³-hybridized carbons (Fsp3) is 0.667. The first kappa shape index (κ1) is 12.0. The summed E-state index contributed by atoms with van der Waals surface area (Å²) in [4.78, 5) is 1.41. The molecule has 0 aliphatic carbocycles. The van der Waals surface area contributed by atoms with Crippen LogP contribution >= 0.6 is 11.3 Å². The van der Waals surface area contributed by atoms with E-state index in [1.165, 1.54) is 4.88 Å². The Labute approximate surface area is 101 Å². The summed E-state index contributed by atoms with van der Waals surface area (Å²) in [6.45, 7) is 3.54. The summed E-state index contributed by atoms with van der Waals surface area (Å²) in [7, 11) is 0. The third-order valence-electron chi connectivity index (χ3n) is 3.12. The maximum absolute atomic E-state index is 10.2. The van der Waals surface area contributed by atoms with Gasteiger partial charge in [-0.1, -0.05) is 6.07 Å². The molecule has 1 aromatic rings. The standard InChI is InChI=1S/C12H20N2OS/c15-12(4-7-13-8-5-12)10-14-6-3-11-2-1-9-16-11/h1-2,9,13-15H,3-8,10H2. The predicted molar refractivity (Wildman–Crippen MR) is 67.9 cm³/mol. The van der Waals surface area contributed by atoms with Gasteiger partial charge in [0.2, 0.25) is 0 Å². The fourth-order valence-corrected chi connectivity index (χ4v) is 2.77. The highest BCUT2D eigenvalue weighted by molar-refractivity contribution is 7.09. The molecule has 90 valence electrons. The quantitative estimate of drug-likeness (QED) is 0.673. The summed E-state index contributed by atoms with van der Waals surface area (Å²) in [5.41, 5.74) is -0.485. The average molecular weight is 240 g/mol. The summed E-state index contributed by atoms with van der Waals surface area (Å²) in [5.74, 6) is 0. The minimum atomic E-state index is -0.485. The van der Waals surface area contributed by atoms with Crippen LogP contribution in [-0.2, 0) is 6.42 Å². The number of hydrogen-bond acceptors (Lipinski definition) is 4. The van der Waals surface area contributed by atoms with Crippen LogP contribution in [0.3, 0.4) is 0 Å². The Kier molecular flexibility index (Phi) is 4.35. The number of rotatable bonds is 5. The molecule has 3 N–H and O–H groups in total. The zero-order chi connectivity index (χ0) is 11.3. The van der Waals surface area contributed by atoms with Crippen LogP contribution < -0.4 is 10.6 Å². The number of aliphatic hydroxyl groups is 1. The average Bonchev–Trinajstić information content (AvgIpc) is 2.78. The highest BCUT2D eigenvalue weighted by Gasteiger charge is 2.28. The molecule has 3 nitrogen and oxygen atoms in total. The summed E-state index contributed by atoms with van der Waals surface area (Å²) in [6, 6.07) is 4.24. The van der Waals surface area contributed by atoms with Gasteiger partial charge in [-0.15, -0.1) is 11.3 Å². The molecule has 2 rings (SSSR count). The van der Waals surface area contributed by atoms with Gasteiger partial charge in [0.1, 0.15) is 0 Å². The number of nitrogens with one attached hydrogen (secondary N) is 2. The van der Waals surface area contributed by atoms with Crippen LogP contribution in [0.5, 0.6) is 0 Å². The first-order valence-electron chi connectivity index (χ1n) is 5.95. The lowest BCUT2D eigenvalue weighted by atomic mass is 9.92. The second-order valence-electron chi connectivity index (χ2n) is 4.48. The molecule has 0 aromatic carbocycles. The molecule has 2 heterocycles. The van der Waals surface area contributed by atoms with Gasteiger partial charge in [0.05, 0.1) is 5.60 Å². The van der Waals surface area contributed by atoms with E-state index in [1.807, 2.05) is 0 Å². The van der Waals surface area contributed by atoms with Crippen LogP contribution in [0.25, 0.3) is 0 Å². The number of piperidine rings is 1. The van der Waals surface area contributed by atoms with Gasteiger partial charge < -0.3 is 15.7 Å². The van der Waals surface area contributed by atoms with Gasteiger partial charge in [-0.2, -0.15) is 0 Å². The van der Waals surface area contributed by atoms with Gasteiger partial charge >= 0.3 is 0 Å². The van der Waals surface area contributed by atoms with Crippen LogP contribution in [-0.4, -0.2) is 36.9 Å². The molecule has 4 heteroatoms. The molecule has 0 saturated carbocycles. The third kappa shape index (κ3) is 3.56. The summed E-state index contributed by atoms with van der Waals surface area (Å²) in [6.07, 6.45) is 2.78. The maximum Gasteiger partial charge on any atom is 0.0795 e. The first-order valence-corrected chi connectivity index (χ1v) is 6.83. The lowest BCUT2D eigenvalue weighted by molar-refractivity contribution is 0.0114. The van der Waals surface area contributed by atoms with Gasteiger partial charge in [-0.3, -0.25) is 0 Å². The van der Waals surface area contributed by atoms with Gasteiger partial charge in [-0.05, 0) is 43.8 Å². The van der Waals surface area contributed by atoms with Crippen LogP contribution in [0, 0.1) is 0 Å². The van der Waals surface area contributed by atoms with Crippen molar-refractivity contribution in [1.82, 2.24) is 10.6 Å². The molecular formula is C12H20N2OS. The Bertz CT molecular complexity index is 294. The second kappa shape index (κ2) is 5.77. The minimum Gasteiger partial charge on any atom is -0.388 e. The summed E-state index contributed by atoms with van der Waals surface area (Å²) in [5, 5.41) is 19.0. The summed E-state index contributed by atoms with van der Waals surface area (Å²) >= 11 is 1.80. The zero-order valence-electron chi connectivity index (χ0n) is 9.54. The van der Waals surface area contributed by atoms with Crippen molar-refractivity contribution in [1.29, 1.82) is 0 Å². The van der Waals surface area contributed by atoms with E-state index in [2.05, 4.69) is 28.1 Å². The highest BCUT2D eigenvalue weighted by atomic mass is 32.1. The molecule has 0 spiro atoms. The topological polar surface area (TPSA) is 44.3 Å². The Hall–Kier alpha value is -0.420. The van der Waals surface area contributed by atoms with Crippen molar-refractivity contribution < 1.29 is 5.11 Å². The molecule has 0 unspecified atom stereocenters. The van der Waals surface area contributed by atoms with Crippen molar-refractivity contribution in [3.63, 3.8) is 0 Å². The first-order chi connectivity index (χ1) is 7.79. The van der Waals surface area contributed by atoms with Gasteiger partial charge in [0, 0.05) is 18.0 Å². The van der Waals surface area contributed by atoms with E-state index in [4.69, 9.17) is 0 Å². The molecule has 1 saturated heterocycles. The molecule has 0 radical (unpaired) electrons. The van der Waals surface area contributed by atoms with E-state index in [1.54, 1.807) is 11.3 Å². The lowest BCUT2D eigenvalue weighted by Gasteiger charge is -2.32. The largest absolute Gasteiger partial charge is 0.388 e. The summed E-state index contributed by atoms with van der Waals surface area (Å²) < 4.78 is 0. The van der Waals surface area contributed by atoms with Crippen LogP contribution in [0.1, 0.15) is 17.7 Å². The number of thiophene rings is 1. The Morgan fingerprint density at radius 2 is 2.25 bits per heavy atom. The smallest absolute Gasteiger partial charge is 0.0795 e. The van der Waals surface area contributed by atoms with Crippen LogP contribution in [0.2, 0.25) is 0 Å². The highest BCUT2D eigenvalue weighted by Crippen LogP contribution is 2.16. The monoisotopic (exact) mass is 240 g/mol. The van der Waals surface area contributed by atoms with E-state index in [0.717, 1.165) is 45.4 Å². The predicted octanol–water partition coefficient (Wildman–Crippen LogP) is 0.995. The van der Waals surface area contributed by atoms with Crippen molar-refractivity contribution in [2.45, 2.75) is 24.9 Å². The van der Waals surface area contributed by atoms with Crippen molar-refractivity contribution in [3.05, 3.63) is 22.4 Å². The zero-order valence-corrected chi connectivity index (χ0v) is 10.4. The van der Waals surface area contributed by atoms with Gasteiger partial charge in [-0.25, -0.2) is 0 Å². The molecular weight excluding hydrogens is 220 g/mol. The van der Waals surface area contributed by atoms with E-state index < -0.39 is 5.60 Å². The van der Waals surface area contributed by atoms with Crippen molar-refractivity contribution >= 4 is 11.3 Å². The molecule has 1 aliphatic rings. The normalized spacial score (nSPS) is 19.8. The van der Waals surface area contributed by atoms with E-state index in [-0.39, 0.29) is 0 Å². The van der Waals surface area contributed by atoms with Crippen molar-refractivity contribution in [2.75, 3.05) is 26.2 Å². The number of hydrogen-bond donors (Lipinski definition) is 3. The molecule has 1 aliphatic heterocycles. The molecule has 16 heavy (non-hydrogen) atoms. The van der Waals surface area contributed by atoms with E-state index in [0.29, 0.717) is 0 Å².